The maximum atomic E-state index is 14.0. The van der Waals surface area contributed by atoms with Gasteiger partial charge in [0, 0.05) is 15.8 Å². The molecule has 2 aromatic carbocycles. The van der Waals surface area contributed by atoms with Crippen LogP contribution in [0.15, 0.2) is 42.5 Å². The zero-order chi connectivity index (χ0) is 19.6. The van der Waals surface area contributed by atoms with Crippen LogP contribution in [-0.2, 0) is 9.53 Å². The highest BCUT2D eigenvalue weighted by Gasteiger charge is 2.23. The van der Waals surface area contributed by atoms with Gasteiger partial charge in [-0.1, -0.05) is 6.07 Å². The normalized spacial score (nSPS) is 11.9. The number of carbonyl (C=O) groups excluding carboxylic acids is 2. The van der Waals surface area contributed by atoms with Gasteiger partial charge in [-0.25, -0.2) is 9.18 Å². The summed E-state index contributed by atoms with van der Waals surface area (Å²) in [5.41, 5.74) is 1.07. The van der Waals surface area contributed by atoms with E-state index >= 15 is 0 Å². The van der Waals surface area contributed by atoms with E-state index in [2.05, 4.69) is 5.32 Å². The van der Waals surface area contributed by atoms with Crippen LogP contribution in [0.4, 0.5) is 10.1 Å². The summed E-state index contributed by atoms with van der Waals surface area (Å²) < 4.78 is 25.0. The van der Waals surface area contributed by atoms with Crippen LogP contribution in [-0.4, -0.2) is 25.1 Å². The fourth-order valence-electron chi connectivity index (χ4n) is 2.63. The molecule has 5 nitrogen and oxygen atoms in total. The number of carbonyl (C=O) groups is 2. The van der Waals surface area contributed by atoms with Crippen LogP contribution in [0, 0.1) is 12.7 Å². The topological polar surface area (TPSA) is 64.6 Å². The Bertz CT molecular complexity index is 997. The molecule has 140 valence electrons. The number of hydrogen-bond donors (Lipinski definition) is 1. The molecule has 0 saturated carbocycles. The monoisotopic (exact) mass is 387 g/mol. The van der Waals surface area contributed by atoms with Crippen LogP contribution in [0.25, 0.3) is 10.1 Å². The van der Waals surface area contributed by atoms with Crippen molar-refractivity contribution in [1.82, 2.24) is 0 Å². The summed E-state index contributed by atoms with van der Waals surface area (Å²) in [6.45, 7) is 3.15. The van der Waals surface area contributed by atoms with Crippen LogP contribution in [0.3, 0.4) is 0 Å². The highest BCUT2D eigenvalue weighted by molar-refractivity contribution is 7.21. The number of hydrogen-bond acceptors (Lipinski definition) is 5. The maximum absolute atomic E-state index is 14.0. The Morgan fingerprint density at radius 1 is 1.15 bits per heavy atom. The number of benzene rings is 2. The lowest BCUT2D eigenvalue weighted by Gasteiger charge is -2.13. The molecular weight excluding hydrogens is 369 g/mol. The first kappa shape index (κ1) is 18.8. The third kappa shape index (κ3) is 3.93. The summed E-state index contributed by atoms with van der Waals surface area (Å²) >= 11 is 1.15. The lowest BCUT2D eigenvalue weighted by atomic mass is 10.1. The molecule has 0 unspecified atom stereocenters. The lowest BCUT2D eigenvalue weighted by Crippen LogP contribution is -2.29. The van der Waals surface area contributed by atoms with Gasteiger partial charge in [0.2, 0.25) is 0 Å². The number of ether oxygens (including phenoxy) is 2. The summed E-state index contributed by atoms with van der Waals surface area (Å²) in [4.78, 5) is 25.0. The van der Waals surface area contributed by atoms with E-state index in [0.717, 1.165) is 11.3 Å². The largest absolute Gasteiger partial charge is 0.497 e. The van der Waals surface area contributed by atoms with E-state index in [9.17, 15) is 14.0 Å². The average molecular weight is 387 g/mol. The zero-order valence-corrected chi connectivity index (χ0v) is 15.9. The van der Waals surface area contributed by atoms with Crippen LogP contribution < -0.4 is 10.1 Å². The molecule has 27 heavy (non-hydrogen) atoms. The van der Waals surface area contributed by atoms with E-state index in [0.29, 0.717) is 32.0 Å². The summed E-state index contributed by atoms with van der Waals surface area (Å²) in [5, 5.41) is 3.08. The molecule has 0 bridgehead atoms. The van der Waals surface area contributed by atoms with Crippen LogP contribution in [0.5, 0.6) is 5.75 Å². The molecule has 0 fully saturated rings. The minimum Gasteiger partial charge on any atom is -0.497 e. The van der Waals surface area contributed by atoms with Crippen molar-refractivity contribution < 1.29 is 23.5 Å². The molecule has 1 atom stereocenters. The Kier molecular flexibility index (Phi) is 5.41. The molecule has 3 rings (SSSR count). The van der Waals surface area contributed by atoms with Gasteiger partial charge >= 0.3 is 5.97 Å². The SMILES string of the molecule is COc1ccc(NC(=O)[C@H](C)OC(=O)c2sc3cccc(F)c3c2C)cc1. The van der Waals surface area contributed by atoms with Crippen molar-refractivity contribution in [3.05, 3.63) is 58.7 Å². The number of aryl methyl sites for hydroxylation is 1. The van der Waals surface area contributed by atoms with Crippen molar-refractivity contribution in [2.75, 3.05) is 12.4 Å². The molecule has 0 radical (unpaired) electrons. The smallest absolute Gasteiger partial charge is 0.349 e. The van der Waals surface area contributed by atoms with E-state index in [1.165, 1.54) is 13.0 Å². The predicted octanol–water partition coefficient (Wildman–Crippen LogP) is 4.54. The first-order valence-corrected chi connectivity index (χ1v) is 9.06. The summed E-state index contributed by atoms with van der Waals surface area (Å²) in [6.07, 6.45) is -1.01. The molecular formula is C20H18FNO4S. The minimum absolute atomic E-state index is 0.291. The maximum Gasteiger partial charge on any atom is 0.349 e. The number of amides is 1. The van der Waals surface area contributed by atoms with Gasteiger partial charge in [-0.3, -0.25) is 4.79 Å². The van der Waals surface area contributed by atoms with Crippen molar-refractivity contribution in [2.45, 2.75) is 20.0 Å². The van der Waals surface area contributed by atoms with Gasteiger partial charge < -0.3 is 14.8 Å². The van der Waals surface area contributed by atoms with E-state index in [4.69, 9.17) is 9.47 Å². The third-order valence-electron chi connectivity index (χ3n) is 4.10. The number of esters is 1. The molecule has 1 heterocycles. The number of halogens is 1. The average Bonchev–Trinajstić information content (AvgIpc) is 3.00. The van der Waals surface area contributed by atoms with Crippen molar-refractivity contribution in [1.29, 1.82) is 0 Å². The van der Waals surface area contributed by atoms with Crippen LogP contribution in [0.2, 0.25) is 0 Å². The fourth-order valence-corrected chi connectivity index (χ4v) is 3.74. The fraction of sp³-hybridized carbons (Fsp3) is 0.200. The Labute approximate surface area is 159 Å². The highest BCUT2D eigenvalue weighted by atomic mass is 32.1. The standard InChI is InChI=1S/C20H18FNO4S/c1-11-17-15(21)5-4-6-16(17)27-18(11)20(24)26-12(2)19(23)22-13-7-9-14(25-3)10-8-13/h4-10,12H,1-3H3,(H,22,23)/t12-/m0/s1. The Morgan fingerprint density at radius 3 is 2.48 bits per heavy atom. The first-order valence-electron chi connectivity index (χ1n) is 8.24. The van der Waals surface area contributed by atoms with Crippen LogP contribution >= 0.6 is 11.3 Å². The van der Waals surface area contributed by atoms with Gasteiger partial charge in [0.1, 0.15) is 16.4 Å². The second-order valence-corrected chi connectivity index (χ2v) is 6.99. The van der Waals surface area contributed by atoms with Crippen molar-refractivity contribution in [2.24, 2.45) is 0 Å². The van der Waals surface area contributed by atoms with Gasteiger partial charge in [-0.05, 0) is 55.8 Å². The molecule has 0 aliphatic heterocycles. The highest BCUT2D eigenvalue weighted by Crippen LogP contribution is 2.33. The number of thiophene rings is 1. The minimum atomic E-state index is -1.01. The number of nitrogens with one attached hydrogen (secondary N) is 1. The molecule has 0 saturated heterocycles. The summed E-state index contributed by atoms with van der Waals surface area (Å²) in [5.74, 6) is -0.825. The second kappa shape index (κ2) is 7.75. The molecule has 0 spiro atoms. The molecule has 1 aromatic heterocycles. The first-order chi connectivity index (χ1) is 12.9. The van der Waals surface area contributed by atoms with Gasteiger partial charge in [0.25, 0.3) is 5.91 Å². The number of rotatable bonds is 5. The predicted molar refractivity (Wildman–Crippen MR) is 103 cm³/mol. The van der Waals surface area contributed by atoms with E-state index in [-0.39, 0.29) is 5.82 Å². The van der Waals surface area contributed by atoms with Gasteiger partial charge in [-0.2, -0.15) is 0 Å². The second-order valence-electron chi connectivity index (χ2n) is 5.93. The van der Waals surface area contributed by atoms with Gasteiger partial charge in [0.15, 0.2) is 6.10 Å². The van der Waals surface area contributed by atoms with Crippen LogP contribution in [0.1, 0.15) is 22.2 Å². The quantitative estimate of drug-likeness (QED) is 0.653. The molecule has 7 heteroatoms. The lowest BCUT2D eigenvalue weighted by molar-refractivity contribution is -0.123. The number of methoxy groups -OCH3 is 1. The molecule has 1 amide bonds. The zero-order valence-electron chi connectivity index (χ0n) is 15.0. The summed E-state index contributed by atoms with van der Waals surface area (Å²) in [6, 6.07) is 11.5. The van der Waals surface area contributed by atoms with Crippen molar-refractivity contribution in [3.8, 4) is 5.75 Å². The number of anilines is 1. The molecule has 1 N–H and O–H groups in total. The van der Waals surface area contributed by atoms with Gasteiger partial charge in [0.05, 0.1) is 7.11 Å². The molecule has 3 aromatic rings. The van der Waals surface area contributed by atoms with E-state index in [1.54, 1.807) is 50.4 Å². The third-order valence-corrected chi connectivity index (χ3v) is 5.34. The molecule has 0 aliphatic carbocycles. The Morgan fingerprint density at radius 2 is 1.85 bits per heavy atom. The van der Waals surface area contributed by atoms with E-state index < -0.39 is 18.0 Å². The van der Waals surface area contributed by atoms with E-state index in [1.807, 2.05) is 0 Å². The van der Waals surface area contributed by atoms with Crippen molar-refractivity contribution >= 4 is 39.0 Å². The molecule has 0 aliphatic rings. The Hall–Kier alpha value is -2.93. The van der Waals surface area contributed by atoms with Crippen molar-refractivity contribution in [3.63, 3.8) is 0 Å². The summed E-state index contributed by atoms with van der Waals surface area (Å²) in [7, 11) is 1.55. The Balaban J connectivity index is 1.70. The van der Waals surface area contributed by atoms with Gasteiger partial charge in [-0.15, -0.1) is 11.3 Å². The number of fused-ring (bicyclic) bond motifs is 1.